The molecule has 0 saturated carbocycles. The summed E-state index contributed by atoms with van der Waals surface area (Å²) in [6, 6.07) is 11.4. The molecule has 4 heteroatoms. The molecule has 0 aliphatic heterocycles. The molecule has 0 aliphatic rings. The van der Waals surface area contributed by atoms with Crippen molar-refractivity contribution in [3.05, 3.63) is 93.4 Å². The van der Waals surface area contributed by atoms with Crippen molar-refractivity contribution >= 4 is 5.78 Å². The van der Waals surface area contributed by atoms with E-state index in [1.807, 2.05) is 32.9 Å². The summed E-state index contributed by atoms with van der Waals surface area (Å²) in [6.45, 7) is 11.6. The van der Waals surface area contributed by atoms with Gasteiger partial charge in [0.15, 0.2) is 5.78 Å². The maximum absolute atomic E-state index is 12.4. The van der Waals surface area contributed by atoms with E-state index in [4.69, 9.17) is 4.74 Å². The minimum absolute atomic E-state index is 0.0211. The van der Waals surface area contributed by atoms with Crippen molar-refractivity contribution < 1.29 is 9.53 Å². The summed E-state index contributed by atoms with van der Waals surface area (Å²) >= 11 is 0. The molecule has 0 atom stereocenters. The number of ketones is 1. The molecule has 0 bridgehead atoms. The Labute approximate surface area is 177 Å². The molecule has 0 aliphatic carbocycles. The van der Waals surface area contributed by atoms with Gasteiger partial charge < -0.3 is 9.30 Å². The first-order chi connectivity index (χ1) is 14.2. The predicted octanol–water partition coefficient (Wildman–Crippen LogP) is 5.70. The minimum Gasteiger partial charge on any atom is -0.456 e. The van der Waals surface area contributed by atoms with Crippen molar-refractivity contribution in [2.75, 3.05) is 0 Å². The molecular formula is C26H27NO3. The largest absolute Gasteiger partial charge is 0.456 e. The quantitative estimate of drug-likeness (QED) is 0.393. The summed E-state index contributed by atoms with van der Waals surface area (Å²) in [5.74, 6) is 1.27. The number of nitrogens with zero attached hydrogens (tertiary/aromatic N) is 1. The van der Waals surface area contributed by atoms with Crippen LogP contribution < -0.4 is 10.3 Å². The lowest BCUT2D eigenvalue weighted by atomic mass is 9.99. The Morgan fingerprint density at radius 2 is 1.77 bits per heavy atom. The fraction of sp³-hybridized carbons (Fsp3) is 0.231. The van der Waals surface area contributed by atoms with Crippen LogP contribution >= 0.6 is 0 Å². The smallest absolute Gasteiger partial charge is 0.253 e. The van der Waals surface area contributed by atoms with Crippen LogP contribution in [-0.4, -0.2) is 10.4 Å². The molecule has 0 spiro atoms. The molecule has 0 saturated heterocycles. The fourth-order valence-electron chi connectivity index (χ4n) is 3.73. The normalized spacial score (nSPS) is 10.7. The molecule has 3 aromatic rings. The van der Waals surface area contributed by atoms with Crippen LogP contribution in [0.5, 0.6) is 11.5 Å². The standard InChI is InChI=1S/C26H27NO3/c1-7-19-13-21(15-27(6)26(19)29)22-14-20(23(28)8-2)9-10-24(22)30-25-17(4)11-16(3)12-18(25)5/h8-15H,2,7H2,1,3-6H3. The highest BCUT2D eigenvalue weighted by Crippen LogP contribution is 2.37. The number of ether oxygens (including phenoxy) is 1. The number of hydrogen-bond acceptors (Lipinski definition) is 3. The molecule has 4 nitrogen and oxygen atoms in total. The monoisotopic (exact) mass is 401 g/mol. The SMILES string of the molecule is C=CC(=O)c1ccc(Oc2c(C)cc(C)cc2C)c(-c2cc(CC)c(=O)n(C)c2)c1. The van der Waals surface area contributed by atoms with E-state index in [1.54, 1.807) is 29.9 Å². The lowest BCUT2D eigenvalue weighted by Gasteiger charge is -2.17. The average Bonchev–Trinajstić information content (AvgIpc) is 2.72. The first kappa shape index (κ1) is 21.3. The molecule has 0 radical (unpaired) electrons. The first-order valence-corrected chi connectivity index (χ1v) is 10.0. The first-order valence-electron chi connectivity index (χ1n) is 10.0. The topological polar surface area (TPSA) is 48.3 Å². The van der Waals surface area contributed by atoms with Gasteiger partial charge in [0.2, 0.25) is 0 Å². The van der Waals surface area contributed by atoms with E-state index in [1.165, 1.54) is 11.6 Å². The molecule has 154 valence electrons. The third-order valence-electron chi connectivity index (χ3n) is 5.22. The number of allylic oxidation sites excluding steroid dienone is 1. The van der Waals surface area contributed by atoms with E-state index in [-0.39, 0.29) is 11.3 Å². The number of hydrogen-bond donors (Lipinski definition) is 0. The van der Waals surface area contributed by atoms with Crippen LogP contribution in [0.15, 0.2) is 60.0 Å². The van der Waals surface area contributed by atoms with Crippen LogP contribution in [0.3, 0.4) is 0 Å². The highest BCUT2D eigenvalue weighted by atomic mass is 16.5. The second-order valence-corrected chi connectivity index (χ2v) is 7.63. The molecule has 0 unspecified atom stereocenters. The van der Waals surface area contributed by atoms with E-state index in [2.05, 4.69) is 25.6 Å². The average molecular weight is 402 g/mol. The molecule has 3 rings (SSSR count). The van der Waals surface area contributed by atoms with E-state index in [0.717, 1.165) is 28.0 Å². The second-order valence-electron chi connectivity index (χ2n) is 7.63. The van der Waals surface area contributed by atoms with Crippen molar-refractivity contribution in [2.45, 2.75) is 34.1 Å². The van der Waals surface area contributed by atoms with Gasteiger partial charge in [0, 0.05) is 35.5 Å². The maximum atomic E-state index is 12.4. The van der Waals surface area contributed by atoms with Crippen LogP contribution in [0.4, 0.5) is 0 Å². The Kier molecular flexibility index (Phi) is 6.06. The van der Waals surface area contributed by atoms with Crippen molar-refractivity contribution in [2.24, 2.45) is 7.05 Å². The van der Waals surface area contributed by atoms with E-state index in [9.17, 15) is 9.59 Å². The number of benzene rings is 2. The van der Waals surface area contributed by atoms with Crippen molar-refractivity contribution in [3.8, 4) is 22.6 Å². The number of rotatable bonds is 6. The summed E-state index contributed by atoms with van der Waals surface area (Å²) < 4.78 is 7.94. The lowest BCUT2D eigenvalue weighted by molar-refractivity contribution is 0.104. The van der Waals surface area contributed by atoms with Gasteiger partial charge in [0.1, 0.15) is 11.5 Å². The zero-order chi connectivity index (χ0) is 22.0. The molecular weight excluding hydrogens is 374 g/mol. The predicted molar refractivity (Wildman–Crippen MR) is 122 cm³/mol. The molecule has 1 heterocycles. The van der Waals surface area contributed by atoms with Gasteiger partial charge in [0.25, 0.3) is 5.56 Å². The molecule has 0 amide bonds. The Bertz CT molecular complexity index is 1180. The van der Waals surface area contributed by atoms with Crippen molar-refractivity contribution in [1.82, 2.24) is 4.57 Å². The van der Waals surface area contributed by atoms with Gasteiger partial charge in [-0.25, -0.2) is 0 Å². The van der Waals surface area contributed by atoms with E-state index in [0.29, 0.717) is 23.3 Å². The maximum Gasteiger partial charge on any atom is 0.253 e. The Morgan fingerprint density at radius 3 is 2.37 bits per heavy atom. The zero-order valence-corrected chi connectivity index (χ0v) is 18.2. The minimum atomic E-state index is -0.161. The molecule has 2 aromatic carbocycles. The van der Waals surface area contributed by atoms with E-state index < -0.39 is 0 Å². The summed E-state index contributed by atoms with van der Waals surface area (Å²) in [6.07, 6.45) is 3.70. The summed E-state index contributed by atoms with van der Waals surface area (Å²) in [4.78, 5) is 24.6. The Hall–Kier alpha value is -3.40. The van der Waals surface area contributed by atoms with Gasteiger partial charge in [0.05, 0.1) is 0 Å². The van der Waals surface area contributed by atoms with Crippen LogP contribution in [0.2, 0.25) is 0 Å². The fourth-order valence-corrected chi connectivity index (χ4v) is 3.73. The zero-order valence-electron chi connectivity index (χ0n) is 18.2. The van der Waals surface area contributed by atoms with Crippen LogP contribution in [0.25, 0.3) is 11.1 Å². The third-order valence-corrected chi connectivity index (χ3v) is 5.22. The van der Waals surface area contributed by atoms with Crippen LogP contribution in [0, 0.1) is 20.8 Å². The highest BCUT2D eigenvalue weighted by molar-refractivity contribution is 6.05. The number of pyridine rings is 1. The molecule has 30 heavy (non-hydrogen) atoms. The van der Waals surface area contributed by atoms with Gasteiger partial charge in [-0.15, -0.1) is 0 Å². The third kappa shape index (κ3) is 4.13. The number of carbonyl (C=O) groups excluding carboxylic acids is 1. The van der Waals surface area contributed by atoms with Gasteiger partial charge in [-0.2, -0.15) is 0 Å². The summed E-state index contributed by atoms with van der Waals surface area (Å²) in [5, 5.41) is 0. The lowest BCUT2D eigenvalue weighted by Crippen LogP contribution is -2.20. The van der Waals surface area contributed by atoms with Gasteiger partial charge >= 0.3 is 0 Å². The number of carbonyl (C=O) groups is 1. The summed E-state index contributed by atoms with van der Waals surface area (Å²) in [5.41, 5.74) is 6.05. The molecule has 1 aromatic heterocycles. The molecule has 0 N–H and O–H groups in total. The molecule has 0 fully saturated rings. The van der Waals surface area contributed by atoms with Gasteiger partial charge in [-0.3, -0.25) is 9.59 Å². The van der Waals surface area contributed by atoms with Crippen molar-refractivity contribution in [1.29, 1.82) is 0 Å². The Morgan fingerprint density at radius 1 is 1.10 bits per heavy atom. The highest BCUT2D eigenvalue weighted by Gasteiger charge is 2.16. The summed E-state index contributed by atoms with van der Waals surface area (Å²) in [7, 11) is 1.73. The number of aryl methyl sites for hydroxylation is 5. The van der Waals surface area contributed by atoms with E-state index >= 15 is 0 Å². The van der Waals surface area contributed by atoms with Crippen molar-refractivity contribution in [3.63, 3.8) is 0 Å². The number of aromatic nitrogens is 1. The van der Waals surface area contributed by atoms with Gasteiger partial charge in [-0.05, 0) is 68.7 Å². The Balaban J connectivity index is 2.23. The van der Waals surface area contributed by atoms with Gasteiger partial charge in [-0.1, -0.05) is 31.2 Å². The van der Waals surface area contributed by atoms with Crippen LogP contribution in [-0.2, 0) is 13.5 Å². The second kappa shape index (κ2) is 8.54. The van der Waals surface area contributed by atoms with Crippen LogP contribution in [0.1, 0.15) is 39.5 Å².